The average Bonchev–Trinajstić information content (AvgIpc) is 2.49. The van der Waals surface area contributed by atoms with Gasteiger partial charge in [-0.2, -0.15) is 8.78 Å². The van der Waals surface area contributed by atoms with Gasteiger partial charge >= 0.3 is 12.0 Å². The van der Waals surface area contributed by atoms with E-state index in [4.69, 9.17) is 9.84 Å². The molecule has 0 spiro atoms. The van der Waals surface area contributed by atoms with Crippen molar-refractivity contribution in [1.82, 2.24) is 10.2 Å². The molecule has 1 saturated heterocycles. The molecule has 0 bridgehead atoms. The van der Waals surface area contributed by atoms with Gasteiger partial charge in [0.1, 0.15) is 6.10 Å². The Morgan fingerprint density at radius 2 is 2.28 bits per heavy atom. The van der Waals surface area contributed by atoms with Gasteiger partial charge in [0.15, 0.2) is 6.10 Å². The molecule has 0 aromatic rings. The number of halogens is 2. The molecule has 18 heavy (non-hydrogen) atoms. The molecule has 102 valence electrons. The third-order valence-electron chi connectivity index (χ3n) is 2.94. The first-order valence-corrected chi connectivity index (χ1v) is 5.50. The number of rotatable bonds is 2. The zero-order valence-corrected chi connectivity index (χ0v) is 9.42. The Morgan fingerprint density at radius 3 is 2.89 bits per heavy atom. The highest BCUT2D eigenvalue weighted by molar-refractivity contribution is 5.75. The second kappa shape index (κ2) is 4.79. The summed E-state index contributed by atoms with van der Waals surface area (Å²) in [6, 6.07) is -0.699. The number of carbonyl (C=O) groups excluding carboxylic acids is 1. The van der Waals surface area contributed by atoms with E-state index in [1.165, 1.54) is 0 Å². The SMILES string of the molecule is O=C1NCC=CCN1[C@@H]1OC(CO)[C@@H](O)C1(F)F. The lowest BCUT2D eigenvalue weighted by Crippen LogP contribution is -2.53. The number of urea groups is 1. The summed E-state index contributed by atoms with van der Waals surface area (Å²) in [7, 11) is 0. The second-order valence-corrected chi connectivity index (χ2v) is 4.14. The lowest BCUT2D eigenvalue weighted by atomic mass is 10.1. The number of nitrogens with zero attached hydrogens (tertiary/aromatic N) is 1. The van der Waals surface area contributed by atoms with Gasteiger partial charge in [-0.05, 0) is 0 Å². The third kappa shape index (κ3) is 2.06. The van der Waals surface area contributed by atoms with Crippen molar-refractivity contribution in [1.29, 1.82) is 0 Å². The molecule has 0 saturated carbocycles. The fourth-order valence-corrected chi connectivity index (χ4v) is 1.95. The molecule has 0 radical (unpaired) electrons. The Kier molecular flexibility index (Phi) is 3.51. The van der Waals surface area contributed by atoms with Gasteiger partial charge < -0.3 is 20.3 Å². The topological polar surface area (TPSA) is 82.0 Å². The van der Waals surface area contributed by atoms with E-state index in [9.17, 15) is 18.7 Å². The molecule has 6 nitrogen and oxygen atoms in total. The van der Waals surface area contributed by atoms with E-state index in [1.54, 1.807) is 12.2 Å². The number of amides is 2. The number of hydrogen-bond donors (Lipinski definition) is 3. The normalized spacial score (nSPS) is 35.4. The molecular weight excluding hydrogens is 250 g/mol. The Morgan fingerprint density at radius 1 is 1.56 bits per heavy atom. The molecule has 1 unspecified atom stereocenters. The molecule has 2 aliphatic rings. The second-order valence-electron chi connectivity index (χ2n) is 4.14. The quantitative estimate of drug-likeness (QED) is 0.575. The van der Waals surface area contributed by atoms with Crippen LogP contribution in [0.2, 0.25) is 0 Å². The number of aliphatic hydroxyl groups is 2. The fraction of sp³-hybridized carbons (Fsp3) is 0.700. The van der Waals surface area contributed by atoms with Crippen LogP contribution in [0.1, 0.15) is 0 Å². The highest BCUT2D eigenvalue weighted by Crippen LogP contribution is 2.38. The highest BCUT2D eigenvalue weighted by atomic mass is 19.3. The van der Waals surface area contributed by atoms with Crippen molar-refractivity contribution < 1.29 is 28.5 Å². The Bertz CT molecular complexity index is 364. The minimum atomic E-state index is -3.62. The number of nitrogens with one attached hydrogen (secondary N) is 1. The molecular formula is C10H14F2N2O4. The Hall–Kier alpha value is -1.25. The summed E-state index contributed by atoms with van der Waals surface area (Å²) in [6.45, 7) is -0.533. The van der Waals surface area contributed by atoms with Gasteiger partial charge in [-0.15, -0.1) is 0 Å². The van der Waals surface area contributed by atoms with Crippen LogP contribution in [0, 0.1) is 0 Å². The maximum absolute atomic E-state index is 13.8. The summed E-state index contributed by atoms with van der Waals surface area (Å²) in [5, 5.41) is 20.6. The predicted molar refractivity (Wildman–Crippen MR) is 55.9 cm³/mol. The van der Waals surface area contributed by atoms with Crippen LogP contribution in [0.25, 0.3) is 0 Å². The molecule has 3 atom stereocenters. The third-order valence-corrected chi connectivity index (χ3v) is 2.94. The molecule has 0 aromatic carbocycles. The molecule has 2 amide bonds. The van der Waals surface area contributed by atoms with Crippen LogP contribution in [-0.4, -0.2) is 65.2 Å². The fourth-order valence-electron chi connectivity index (χ4n) is 1.95. The lowest BCUT2D eigenvalue weighted by molar-refractivity contribution is -0.152. The molecule has 2 aliphatic heterocycles. The van der Waals surface area contributed by atoms with Crippen LogP contribution in [0.5, 0.6) is 0 Å². The van der Waals surface area contributed by atoms with Gasteiger partial charge in [-0.25, -0.2) is 4.79 Å². The zero-order valence-electron chi connectivity index (χ0n) is 9.42. The first kappa shape index (κ1) is 13.2. The van der Waals surface area contributed by atoms with Crippen molar-refractivity contribution in [3.63, 3.8) is 0 Å². The number of hydrogen-bond acceptors (Lipinski definition) is 4. The van der Waals surface area contributed by atoms with E-state index < -0.39 is 37.0 Å². The van der Waals surface area contributed by atoms with E-state index >= 15 is 0 Å². The summed E-state index contributed by atoms with van der Waals surface area (Å²) in [4.78, 5) is 12.4. The largest absolute Gasteiger partial charge is 0.394 e. The summed E-state index contributed by atoms with van der Waals surface area (Å²) >= 11 is 0. The van der Waals surface area contributed by atoms with Crippen LogP contribution < -0.4 is 5.32 Å². The van der Waals surface area contributed by atoms with Crippen LogP contribution in [-0.2, 0) is 4.74 Å². The maximum Gasteiger partial charge on any atom is 0.320 e. The molecule has 3 N–H and O–H groups in total. The van der Waals surface area contributed by atoms with Gasteiger partial charge in [-0.1, -0.05) is 12.2 Å². The van der Waals surface area contributed by atoms with Crippen molar-refractivity contribution in [3.05, 3.63) is 12.2 Å². The number of alkyl halides is 2. The predicted octanol–water partition coefficient (Wildman–Crippen LogP) is -0.719. The summed E-state index contributed by atoms with van der Waals surface area (Å²) in [5.74, 6) is -3.62. The van der Waals surface area contributed by atoms with Crippen molar-refractivity contribution in [3.8, 4) is 0 Å². The maximum atomic E-state index is 13.8. The van der Waals surface area contributed by atoms with Gasteiger partial charge in [0.05, 0.1) is 6.61 Å². The first-order chi connectivity index (χ1) is 8.48. The number of ether oxygens (including phenoxy) is 1. The van der Waals surface area contributed by atoms with Crippen molar-refractivity contribution in [2.45, 2.75) is 24.4 Å². The monoisotopic (exact) mass is 264 g/mol. The van der Waals surface area contributed by atoms with Gasteiger partial charge in [0.25, 0.3) is 0 Å². The lowest BCUT2D eigenvalue weighted by Gasteiger charge is -2.30. The van der Waals surface area contributed by atoms with Crippen LogP contribution in [0.15, 0.2) is 12.2 Å². The van der Waals surface area contributed by atoms with Crippen molar-refractivity contribution in [2.24, 2.45) is 0 Å². The van der Waals surface area contributed by atoms with Crippen molar-refractivity contribution >= 4 is 6.03 Å². The van der Waals surface area contributed by atoms with Crippen LogP contribution in [0.4, 0.5) is 13.6 Å². The number of carbonyl (C=O) groups is 1. The van der Waals surface area contributed by atoms with Crippen molar-refractivity contribution in [2.75, 3.05) is 19.7 Å². The van der Waals surface area contributed by atoms with Crippen LogP contribution in [0.3, 0.4) is 0 Å². The van der Waals surface area contributed by atoms with E-state index in [0.717, 1.165) is 4.90 Å². The Balaban J connectivity index is 2.21. The average molecular weight is 264 g/mol. The van der Waals surface area contributed by atoms with E-state index in [-0.39, 0.29) is 13.1 Å². The molecule has 1 fully saturated rings. The Labute approximate surface area is 102 Å². The summed E-state index contributed by atoms with van der Waals surface area (Å²) in [5.41, 5.74) is 0. The summed E-state index contributed by atoms with van der Waals surface area (Å²) < 4.78 is 32.5. The van der Waals surface area contributed by atoms with Gasteiger partial charge in [-0.3, -0.25) is 4.90 Å². The molecule has 0 aromatic heterocycles. The van der Waals surface area contributed by atoms with Crippen LogP contribution >= 0.6 is 0 Å². The molecule has 2 rings (SSSR count). The number of aliphatic hydroxyl groups excluding tert-OH is 2. The molecule has 0 aliphatic carbocycles. The zero-order chi connectivity index (χ0) is 13.3. The summed E-state index contributed by atoms with van der Waals surface area (Å²) in [6.07, 6.45) is -2.23. The first-order valence-electron chi connectivity index (χ1n) is 5.50. The van der Waals surface area contributed by atoms with E-state index in [1.807, 2.05) is 0 Å². The standard InChI is InChI=1S/C10H14F2N2O4/c11-10(12)7(16)6(5-15)18-8(10)14-4-2-1-3-13-9(14)17/h1-2,6-8,15-16H,3-5H2,(H,13,17)/t6?,7-,8-/m1/s1. The molecule has 2 heterocycles. The molecule has 8 heteroatoms. The minimum absolute atomic E-state index is 0.0447. The smallest absolute Gasteiger partial charge is 0.320 e. The van der Waals surface area contributed by atoms with E-state index in [2.05, 4.69) is 5.32 Å². The van der Waals surface area contributed by atoms with Gasteiger partial charge in [0, 0.05) is 13.1 Å². The minimum Gasteiger partial charge on any atom is -0.394 e. The van der Waals surface area contributed by atoms with E-state index in [0.29, 0.717) is 0 Å². The van der Waals surface area contributed by atoms with Gasteiger partial charge in [0.2, 0.25) is 6.23 Å². The highest BCUT2D eigenvalue weighted by Gasteiger charge is 2.61.